The van der Waals surface area contributed by atoms with E-state index in [-0.39, 0.29) is 5.91 Å². The molecule has 104 valence electrons. The lowest BCUT2D eigenvalue weighted by Gasteiger charge is -2.11. The van der Waals surface area contributed by atoms with Crippen LogP contribution in [0.25, 0.3) is 0 Å². The summed E-state index contributed by atoms with van der Waals surface area (Å²) >= 11 is 0. The zero-order valence-corrected chi connectivity index (χ0v) is 11.6. The van der Waals surface area contributed by atoms with Gasteiger partial charge in [-0.1, -0.05) is 26.7 Å². The molecule has 5 nitrogen and oxygen atoms in total. The highest BCUT2D eigenvalue weighted by molar-refractivity contribution is 5.93. The first kappa shape index (κ1) is 13.8. The van der Waals surface area contributed by atoms with Crippen LogP contribution in [0.5, 0.6) is 0 Å². The predicted octanol–water partition coefficient (Wildman–Crippen LogP) is 2.22. The summed E-state index contributed by atoms with van der Waals surface area (Å²) in [5, 5.41) is 6.15. The lowest BCUT2D eigenvalue weighted by Crippen LogP contribution is -2.27. The molecule has 1 fully saturated rings. The fourth-order valence-electron chi connectivity index (χ4n) is 2.17. The van der Waals surface area contributed by atoms with E-state index < -0.39 is 0 Å². The van der Waals surface area contributed by atoms with Crippen LogP contribution < -0.4 is 10.6 Å². The summed E-state index contributed by atoms with van der Waals surface area (Å²) in [6.45, 7) is 4.79. The van der Waals surface area contributed by atoms with Gasteiger partial charge in [0.2, 0.25) is 5.95 Å². The Labute approximate surface area is 114 Å². The van der Waals surface area contributed by atoms with Crippen LogP contribution in [0.2, 0.25) is 0 Å². The van der Waals surface area contributed by atoms with Crippen LogP contribution in [0.3, 0.4) is 0 Å². The third kappa shape index (κ3) is 4.19. The number of carbonyl (C=O) groups is 1. The minimum atomic E-state index is -0.110. The van der Waals surface area contributed by atoms with Crippen molar-refractivity contribution < 1.29 is 4.79 Å². The van der Waals surface area contributed by atoms with Gasteiger partial charge in [0.05, 0.1) is 5.56 Å². The van der Waals surface area contributed by atoms with Crippen molar-refractivity contribution in [2.75, 3.05) is 11.9 Å². The number of nitrogens with one attached hydrogen (secondary N) is 2. The van der Waals surface area contributed by atoms with Crippen LogP contribution in [0.4, 0.5) is 5.95 Å². The number of aromatic nitrogens is 2. The Morgan fingerprint density at radius 2 is 1.95 bits per heavy atom. The molecular weight excluding hydrogens is 240 g/mol. The number of hydrogen-bond acceptors (Lipinski definition) is 4. The molecule has 0 atom stereocenters. The van der Waals surface area contributed by atoms with Crippen LogP contribution in [-0.2, 0) is 0 Å². The minimum absolute atomic E-state index is 0.110. The zero-order valence-electron chi connectivity index (χ0n) is 11.6. The van der Waals surface area contributed by atoms with Crippen molar-refractivity contribution in [3.05, 3.63) is 18.0 Å². The Hall–Kier alpha value is -1.65. The maximum Gasteiger partial charge on any atom is 0.254 e. The highest BCUT2D eigenvalue weighted by atomic mass is 16.1. The average Bonchev–Trinajstić information content (AvgIpc) is 2.89. The van der Waals surface area contributed by atoms with Crippen LogP contribution in [0.1, 0.15) is 49.9 Å². The third-order valence-electron chi connectivity index (χ3n) is 3.27. The molecule has 1 aromatic rings. The molecule has 2 rings (SSSR count). The second-order valence-corrected chi connectivity index (χ2v) is 5.52. The molecule has 0 unspecified atom stereocenters. The Morgan fingerprint density at radius 1 is 1.32 bits per heavy atom. The van der Waals surface area contributed by atoms with E-state index in [9.17, 15) is 4.79 Å². The molecular formula is C14H22N4O. The number of nitrogens with zero attached hydrogens (tertiary/aromatic N) is 2. The van der Waals surface area contributed by atoms with Crippen molar-refractivity contribution in [1.82, 2.24) is 15.3 Å². The average molecular weight is 262 g/mol. The molecule has 1 aromatic heterocycles. The van der Waals surface area contributed by atoms with E-state index in [0.29, 0.717) is 30.0 Å². The Bertz CT molecular complexity index is 410. The van der Waals surface area contributed by atoms with Crippen molar-refractivity contribution >= 4 is 11.9 Å². The topological polar surface area (TPSA) is 66.9 Å². The van der Waals surface area contributed by atoms with Gasteiger partial charge in [-0.25, -0.2) is 9.97 Å². The minimum Gasteiger partial charge on any atom is -0.352 e. The fraction of sp³-hybridized carbons (Fsp3) is 0.643. The SMILES string of the molecule is CC(C)CNC(=O)c1cnc(NC2CCCC2)nc1. The summed E-state index contributed by atoms with van der Waals surface area (Å²) < 4.78 is 0. The summed E-state index contributed by atoms with van der Waals surface area (Å²) in [7, 11) is 0. The number of rotatable bonds is 5. The number of amides is 1. The highest BCUT2D eigenvalue weighted by Crippen LogP contribution is 2.20. The zero-order chi connectivity index (χ0) is 13.7. The molecule has 19 heavy (non-hydrogen) atoms. The molecule has 0 bridgehead atoms. The molecule has 0 aliphatic heterocycles. The van der Waals surface area contributed by atoms with Gasteiger partial charge in [-0.3, -0.25) is 4.79 Å². The maximum absolute atomic E-state index is 11.8. The van der Waals surface area contributed by atoms with Gasteiger partial charge in [0.25, 0.3) is 5.91 Å². The Kier molecular flexibility index (Phi) is 4.71. The molecule has 1 amide bonds. The second-order valence-electron chi connectivity index (χ2n) is 5.52. The molecule has 0 aromatic carbocycles. The quantitative estimate of drug-likeness (QED) is 0.854. The van der Waals surface area contributed by atoms with Gasteiger partial charge < -0.3 is 10.6 Å². The van der Waals surface area contributed by atoms with Crippen molar-refractivity contribution in [2.45, 2.75) is 45.6 Å². The molecule has 0 spiro atoms. The van der Waals surface area contributed by atoms with Gasteiger partial charge in [-0.05, 0) is 18.8 Å². The largest absolute Gasteiger partial charge is 0.352 e. The van der Waals surface area contributed by atoms with E-state index in [1.165, 1.54) is 25.7 Å². The summed E-state index contributed by atoms with van der Waals surface area (Å²) in [5.41, 5.74) is 0.512. The summed E-state index contributed by atoms with van der Waals surface area (Å²) in [6, 6.07) is 0.487. The van der Waals surface area contributed by atoms with Crippen LogP contribution >= 0.6 is 0 Å². The fourth-order valence-corrected chi connectivity index (χ4v) is 2.17. The summed E-state index contributed by atoms with van der Waals surface area (Å²) in [5.74, 6) is 0.946. The van der Waals surface area contributed by atoms with E-state index in [1.54, 1.807) is 12.4 Å². The smallest absolute Gasteiger partial charge is 0.254 e. The molecule has 1 aliphatic rings. The maximum atomic E-state index is 11.8. The molecule has 0 saturated heterocycles. The number of hydrogen-bond donors (Lipinski definition) is 2. The van der Waals surface area contributed by atoms with Crippen molar-refractivity contribution in [1.29, 1.82) is 0 Å². The van der Waals surface area contributed by atoms with E-state index >= 15 is 0 Å². The normalized spacial score (nSPS) is 15.7. The van der Waals surface area contributed by atoms with Crippen molar-refractivity contribution in [3.8, 4) is 0 Å². The van der Waals surface area contributed by atoms with Crippen molar-refractivity contribution in [3.63, 3.8) is 0 Å². The Morgan fingerprint density at radius 3 is 2.53 bits per heavy atom. The van der Waals surface area contributed by atoms with Gasteiger partial charge in [0, 0.05) is 25.0 Å². The molecule has 1 heterocycles. The number of carbonyl (C=O) groups excluding carboxylic acids is 1. The van der Waals surface area contributed by atoms with E-state index in [1.807, 2.05) is 0 Å². The molecule has 1 aliphatic carbocycles. The third-order valence-corrected chi connectivity index (χ3v) is 3.27. The van der Waals surface area contributed by atoms with Gasteiger partial charge in [-0.2, -0.15) is 0 Å². The molecule has 2 N–H and O–H groups in total. The molecule has 5 heteroatoms. The van der Waals surface area contributed by atoms with Gasteiger partial charge in [-0.15, -0.1) is 0 Å². The summed E-state index contributed by atoms with van der Waals surface area (Å²) in [6.07, 6.45) is 8.07. The van der Waals surface area contributed by atoms with E-state index in [4.69, 9.17) is 0 Å². The van der Waals surface area contributed by atoms with Crippen LogP contribution in [0.15, 0.2) is 12.4 Å². The molecule has 0 radical (unpaired) electrons. The first-order valence-electron chi connectivity index (χ1n) is 7.02. The Balaban J connectivity index is 1.88. The van der Waals surface area contributed by atoms with Gasteiger partial charge in [0.1, 0.15) is 0 Å². The van der Waals surface area contributed by atoms with Crippen molar-refractivity contribution in [2.24, 2.45) is 5.92 Å². The van der Waals surface area contributed by atoms with Gasteiger partial charge >= 0.3 is 0 Å². The standard InChI is InChI=1S/C14H22N4O/c1-10(2)7-15-13(19)11-8-16-14(17-9-11)18-12-5-3-4-6-12/h8-10,12H,3-7H2,1-2H3,(H,15,19)(H,16,17,18). The lowest BCUT2D eigenvalue weighted by molar-refractivity contribution is 0.0948. The second kappa shape index (κ2) is 6.50. The molecule has 1 saturated carbocycles. The first-order valence-corrected chi connectivity index (χ1v) is 7.02. The van der Waals surface area contributed by atoms with Crippen LogP contribution in [-0.4, -0.2) is 28.5 Å². The predicted molar refractivity (Wildman–Crippen MR) is 75.1 cm³/mol. The van der Waals surface area contributed by atoms with Gasteiger partial charge in [0.15, 0.2) is 0 Å². The monoisotopic (exact) mass is 262 g/mol. The van der Waals surface area contributed by atoms with E-state index in [2.05, 4.69) is 34.4 Å². The highest BCUT2D eigenvalue weighted by Gasteiger charge is 2.15. The lowest BCUT2D eigenvalue weighted by atomic mass is 10.2. The summed E-state index contributed by atoms with van der Waals surface area (Å²) in [4.78, 5) is 20.2. The first-order chi connectivity index (χ1) is 9.15. The number of anilines is 1. The van der Waals surface area contributed by atoms with E-state index in [0.717, 1.165) is 0 Å². The van der Waals surface area contributed by atoms with Crippen LogP contribution in [0, 0.1) is 5.92 Å².